The number of anilines is 1. The summed E-state index contributed by atoms with van der Waals surface area (Å²) in [4.78, 5) is 2.03. The number of phenols is 1. The van der Waals surface area contributed by atoms with E-state index in [1.54, 1.807) is 26.0 Å². The molecule has 1 aliphatic heterocycles. The number of ether oxygens (including phenoxy) is 1. The molecule has 2 rings (SSSR count). The second kappa shape index (κ2) is 3.87. The maximum atomic E-state index is 9.82. The monoisotopic (exact) mass is 223 g/mol. The number of nitrogens with zero attached hydrogens (tertiary/aromatic N) is 1. The van der Waals surface area contributed by atoms with E-state index >= 15 is 0 Å². The zero-order chi connectivity index (χ0) is 11.8. The number of benzene rings is 1. The minimum Gasteiger partial charge on any atom is -0.504 e. The zero-order valence-electron chi connectivity index (χ0n) is 9.60. The predicted octanol–water partition coefficient (Wildman–Crippen LogP) is 1.36. The fourth-order valence-electron chi connectivity index (χ4n) is 1.92. The number of aliphatic hydroxyl groups is 1. The molecule has 0 fully saturated rings. The largest absolute Gasteiger partial charge is 0.504 e. The number of fused-ring (bicyclic) bond motifs is 1. The van der Waals surface area contributed by atoms with Gasteiger partial charge in [-0.1, -0.05) is 6.07 Å². The highest BCUT2D eigenvalue weighted by Gasteiger charge is 2.25. The summed E-state index contributed by atoms with van der Waals surface area (Å²) >= 11 is 0. The van der Waals surface area contributed by atoms with Gasteiger partial charge < -0.3 is 19.8 Å². The van der Waals surface area contributed by atoms with Gasteiger partial charge in [-0.15, -0.1) is 0 Å². The third kappa shape index (κ3) is 2.22. The Morgan fingerprint density at radius 1 is 1.44 bits per heavy atom. The minimum atomic E-state index is -0.764. The fourth-order valence-corrected chi connectivity index (χ4v) is 1.92. The molecule has 4 nitrogen and oxygen atoms in total. The molecule has 88 valence electrons. The molecule has 16 heavy (non-hydrogen) atoms. The van der Waals surface area contributed by atoms with Crippen molar-refractivity contribution in [3.8, 4) is 11.5 Å². The zero-order valence-corrected chi connectivity index (χ0v) is 9.60. The van der Waals surface area contributed by atoms with Crippen molar-refractivity contribution in [3.05, 3.63) is 18.2 Å². The highest BCUT2D eigenvalue weighted by molar-refractivity contribution is 5.65. The lowest BCUT2D eigenvalue weighted by atomic mass is 10.1. The molecule has 2 N–H and O–H groups in total. The van der Waals surface area contributed by atoms with Crippen LogP contribution in [-0.4, -0.2) is 35.5 Å². The van der Waals surface area contributed by atoms with Gasteiger partial charge in [-0.05, 0) is 26.0 Å². The van der Waals surface area contributed by atoms with Crippen LogP contribution in [0.4, 0.5) is 5.69 Å². The van der Waals surface area contributed by atoms with Crippen LogP contribution < -0.4 is 9.64 Å². The number of β-amino-alcohol motifs (C(OH)–C–C–N with tert-alkyl or cyclic N) is 1. The van der Waals surface area contributed by atoms with Crippen molar-refractivity contribution in [2.75, 3.05) is 24.6 Å². The summed E-state index contributed by atoms with van der Waals surface area (Å²) in [7, 11) is 0. The summed E-state index contributed by atoms with van der Waals surface area (Å²) in [5, 5.41) is 19.5. The first-order chi connectivity index (χ1) is 7.47. The van der Waals surface area contributed by atoms with Crippen molar-refractivity contribution in [2.45, 2.75) is 19.4 Å². The maximum absolute atomic E-state index is 9.82. The highest BCUT2D eigenvalue weighted by Crippen LogP contribution is 2.39. The second-order valence-electron chi connectivity index (χ2n) is 4.71. The number of para-hydroxylation sites is 1. The first-order valence-electron chi connectivity index (χ1n) is 5.39. The molecule has 4 heteroatoms. The third-order valence-corrected chi connectivity index (χ3v) is 2.50. The van der Waals surface area contributed by atoms with E-state index in [0.717, 1.165) is 12.2 Å². The van der Waals surface area contributed by atoms with Crippen LogP contribution in [0.5, 0.6) is 11.5 Å². The van der Waals surface area contributed by atoms with Crippen LogP contribution in [0.25, 0.3) is 0 Å². The van der Waals surface area contributed by atoms with Crippen LogP contribution in [0.15, 0.2) is 18.2 Å². The Morgan fingerprint density at radius 2 is 2.19 bits per heavy atom. The Balaban J connectivity index is 2.30. The van der Waals surface area contributed by atoms with Gasteiger partial charge in [-0.25, -0.2) is 0 Å². The maximum Gasteiger partial charge on any atom is 0.184 e. The van der Waals surface area contributed by atoms with E-state index in [9.17, 15) is 10.2 Å². The Labute approximate surface area is 95.1 Å². The summed E-state index contributed by atoms with van der Waals surface area (Å²) in [6.45, 7) is 5.31. The van der Waals surface area contributed by atoms with Gasteiger partial charge in [0.25, 0.3) is 0 Å². The molecule has 0 atom stereocenters. The SMILES string of the molecule is CC(C)(O)CN1CCOc2c(O)cccc21. The molecule has 0 bridgehead atoms. The van der Waals surface area contributed by atoms with Crippen molar-refractivity contribution in [2.24, 2.45) is 0 Å². The van der Waals surface area contributed by atoms with Gasteiger partial charge in [-0.2, -0.15) is 0 Å². The third-order valence-electron chi connectivity index (χ3n) is 2.50. The topological polar surface area (TPSA) is 52.9 Å². The van der Waals surface area contributed by atoms with Gasteiger partial charge in [0, 0.05) is 6.54 Å². The Kier molecular flexibility index (Phi) is 2.68. The number of rotatable bonds is 2. The van der Waals surface area contributed by atoms with E-state index in [4.69, 9.17) is 4.74 Å². The average molecular weight is 223 g/mol. The molecule has 0 aromatic heterocycles. The number of phenolic OH excluding ortho intramolecular Hbond substituents is 1. The van der Waals surface area contributed by atoms with Crippen LogP contribution in [0.1, 0.15) is 13.8 Å². The van der Waals surface area contributed by atoms with Crippen molar-refractivity contribution in [1.29, 1.82) is 0 Å². The van der Waals surface area contributed by atoms with E-state index in [-0.39, 0.29) is 5.75 Å². The molecule has 1 aromatic carbocycles. The molecule has 0 aliphatic carbocycles. The van der Waals surface area contributed by atoms with E-state index < -0.39 is 5.60 Å². The molecule has 0 saturated heterocycles. The molecule has 0 spiro atoms. The molecule has 0 radical (unpaired) electrons. The van der Waals surface area contributed by atoms with Crippen LogP contribution >= 0.6 is 0 Å². The second-order valence-corrected chi connectivity index (χ2v) is 4.71. The Morgan fingerprint density at radius 3 is 2.88 bits per heavy atom. The van der Waals surface area contributed by atoms with E-state index in [1.807, 2.05) is 11.0 Å². The smallest absolute Gasteiger partial charge is 0.184 e. The molecule has 1 heterocycles. The van der Waals surface area contributed by atoms with Crippen LogP contribution in [0, 0.1) is 0 Å². The first kappa shape index (κ1) is 11.1. The van der Waals surface area contributed by atoms with Crippen LogP contribution in [0.2, 0.25) is 0 Å². The molecule has 0 amide bonds. The number of hydrogen-bond acceptors (Lipinski definition) is 4. The molecule has 0 saturated carbocycles. The van der Waals surface area contributed by atoms with Gasteiger partial charge in [0.15, 0.2) is 11.5 Å². The molecule has 1 aliphatic rings. The first-order valence-corrected chi connectivity index (χ1v) is 5.39. The summed E-state index contributed by atoms with van der Waals surface area (Å²) in [5.41, 5.74) is 0.0773. The van der Waals surface area contributed by atoms with Gasteiger partial charge in [0.05, 0.1) is 17.8 Å². The summed E-state index contributed by atoms with van der Waals surface area (Å²) in [6, 6.07) is 5.27. The normalized spacial score (nSPS) is 15.6. The van der Waals surface area contributed by atoms with Gasteiger partial charge in [-0.3, -0.25) is 0 Å². The Bertz CT molecular complexity index is 384. The van der Waals surface area contributed by atoms with Crippen LogP contribution in [-0.2, 0) is 0 Å². The molecular weight excluding hydrogens is 206 g/mol. The lowest BCUT2D eigenvalue weighted by Gasteiger charge is -2.35. The quantitative estimate of drug-likeness (QED) is 0.795. The van der Waals surface area contributed by atoms with Crippen molar-refractivity contribution in [1.82, 2.24) is 0 Å². The number of aromatic hydroxyl groups is 1. The summed E-state index contributed by atoms with van der Waals surface area (Å²) in [5.74, 6) is 0.663. The highest BCUT2D eigenvalue weighted by atomic mass is 16.5. The van der Waals surface area contributed by atoms with Gasteiger partial charge in [0.2, 0.25) is 0 Å². The van der Waals surface area contributed by atoms with Crippen molar-refractivity contribution in [3.63, 3.8) is 0 Å². The van der Waals surface area contributed by atoms with E-state index in [2.05, 4.69) is 0 Å². The van der Waals surface area contributed by atoms with E-state index in [0.29, 0.717) is 18.9 Å². The van der Waals surface area contributed by atoms with Crippen molar-refractivity contribution >= 4 is 5.69 Å². The lowest BCUT2D eigenvalue weighted by Crippen LogP contribution is -2.42. The molecule has 1 aromatic rings. The standard InChI is InChI=1S/C12H17NO3/c1-12(2,15)8-13-6-7-16-11-9(13)4-3-5-10(11)14/h3-5,14-15H,6-8H2,1-2H3. The molecular formula is C12H17NO3. The van der Waals surface area contributed by atoms with E-state index in [1.165, 1.54) is 0 Å². The van der Waals surface area contributed by atoms with Gasteiger partial charge >= 0.3 is 0 Å². The lowest BCUT2D eigenvalue weighted by molar-refractivity contribution is 0.0853. The minimum absolute atomic E-state index is 0.151. The average Bonchev–Trinajstić information content (AvgIpc) is 2.17. The van der Waals surface area contributed by atoms with Crippen molar-refractivity contribution < 1.29 is 14.9 Å². The Hall–Kier alpha value is -1.42. The van der Waals surface area contributed by atoms with Gasteiger partial charge in [0.1, 0.15) is 6.61 Å². The predicted molar refractivity (Wildman–Crippen MR) is 62.1 cm³/mol. The molecule has 0 unspecified atom stereocenters. The van der Waals surface area contributed by atoms with Crippen LogP contribution in [0.3, 0.4) is 0 Å². The number of hydrogen-bond donors (Lipinski definition) is 2. The fraction of sp³-hybridized carbons (Fsp3) is 0.500. The summed E-state index contributed by atoms with van der Waals surface area (Å²) < 4.78 is 5.43. The summed E-state index contributed by atoms with van der Waals surface area (Å²) in [6.07, 6.45) is 0.